The number of ether oxygens (including phenoxy) is 2. The lowest BCUT2D eigenvalue weighted by Crippen LogP contribution is -2.48. The Labute approximate surface area is 181 Å². The van der Waals surface area contributed by atoms with Gasteiger partial charge >= 0.3 is 5.97 Å². The number of aliphatic hydroxyl groups is 1. The Kier molecular flexibility index (Phi) is 6.12. The van der Waals surface area contributed by atoms with Gasteiger partial charge in [0, 0.05) is 17.1 Å². The van der Waals surface area contributed by atoms with Crippen LogP contribution >= 0.6 is 11.6 Å². The fraction of sp³-hybridized carbons (Fsp3) is 0.522. The average Bonchev–Trinajstić information content (AvgIpc) is 3.00. The summed E-state index contributed by atoms with van der Waals surface area (Å²) in [6, 6.07) is 0. The van der Waals surface area contributed by atoms with E-state index in [1.54, 1.807) is 13.0 Å². The van der Waals surface area contributed by atoms with Gasteiger partial charge in [0.25, 0.3) is 0 Å². The van der Waals surface area contributed by atoms with Gasteiger partial charge in [-0.1, -0.05) is 44.9 Å². The minimum Gasteiger partial charge on any atom is -0.465 e. The highest BCUT2D eigenvalue weighted by atomic mass is 35.5. The zero-order valence-electron chi connectivity index (χ0n) is 17.8. The number of hydrogen-bond acceptors (Lipinski definition) is 6. The van der Waals surface area contributed by atoms with Gasteiger partial charge in [-0.3, -0.25) is 14.4 Å². The Hall–Kier alpha value is -2.18. The normalized spacial score (nSPS) is 31.3. The summed E-state index contributed by atoms with van der Waals surface area (Å²) >= 11 is 6.39. The number of esters is 1. The minimum absolute atomic E-state index is 0.0535. The van der Waals surface area contributed by atoms with Crippen molar-refractivity contribution in [3.63, 3.8) is 0 Å². The van der Waals surface area contributed by atoms with Crippen LogP contribution in [0.25, 0.3) is 0 Å². The van der Waals surface area contributed by atoms with Crippen LogP contribution in [0.4, 0.5) is 0 Å². The number of hydrogen-bond donors (Lipinski definition) is 1. The van der Waals surface area contributed by atoms with Gasteiger partial charge in [-0.2, -0.15) is 0 Å². The highest BCUT2D eigenvalue weighted by Gasteiger charge is 2.64. The van der Waals surface area contributed by atoms with E-state index in [4.69, 9.17) is 21.1 Å². The van der Waals surface area contributed by atoms with E-state index in [-0.39, 0.29) is 5.03 Å². The molecule has 0 amide bonds. The smallest absolute Gasteiger partial charge is 0.318 e. The van der Waals surface area contributed by atoms with Crippen molar-refractivity contribution in [2.45, 2.75) is 52.7 Å². The van der Waals surface area contributed by atoms with Crippen LogP contribution in [0.15, 0.2) is 46.4 Å². The topological polar surface area (TPSA) is 89.9 Å². The van der Waals surface area contributed by atoms with Crippen LogP contribution in [0.5, 0.6) is 0 Å². The molecule has 3 aliphatic rings. The molecule has 1 fully saturated rings. The Morgan fingerprint density at radius 1 is 1.33 bits per heavy atom. The fourth-order valence-corrected chi connectivity index (χ4v) is 4.31. The maximum absolute atomic E-state index is 13.1. The first-order valence-corrected chi connectivity index (χ1v) is 10.6. The molecule has 2 aliphatic heterocycles. The van der Waals surface area contributed by atoms with Gasteiger partial charge in [-0.25, -0.2) is 0 Å². The second kappa shape index (κ2) is 8.16. The second-order valence-electron chi connectivity index (χ2n) is 8.45. The number of fused-ring (bicyclic) bond motifs is 3. The van der Waals surface area contributed by atoms with Crippen LogP contribution in [0.3, 0.4) is 0 Å². The molecule has 162 valence electrons. The maximum atomic E-state index is 13.1. The molecule has 7 heteroatoms. The van der Waals surface area contributed by atoms with Gasteiger partial charge in [0.05, 0.1) is 23.3 Å². The van der Waals surface area contributed by atoms with Crippen LogP contribution in [0, 0.1) is 23.7 Å². The predicted molar refractivity (Wildman–Crippen MR) is 111 cm³/mol. The second-order valence-corrected chi connectivity index (χ2v) is 8.83. The molecule has 0 saturated carbocycles. The van der Waals surface area contributed by atoms with Gasteiger partial charge in [0.15, 0.2) is 11.4 Å². The van der Waals surface area contributed by atoms with Crippen molar-refractivity contribution >= 4 is 29.1 Å². The van der Waals surface area contributed by atoms with Crippen LogP contribution in [-0.4, -0.2) is 34.3 Å². The molecule has 6 atom stereocenters. The maximum Gasteiger partial charge on any atom is 0.318 e. The van der Waals surface area contributed by atoms with Crippen molar-refractivity contribution in [3.05, 3.63) is 46.4 Å². The van der Waals surface area contributed by atoms with Gasteiger partial charge in [-0.05, 0) is 31.9 Å². The third kappa shape index (κ3) is 3.56. The largest absolute Gasteiger partial charge is 0.465 e. The van der Waals surface area contributed by atoms with E-state index in [0.29, 0.717) is 22.8 Å². The monoisotopic (exact) mass is 434 g/mol. The van der Waals surface area contributed by atoms with Crippen LogP contribution in [0.1, 0.15) is 41.0 Å². The van der Waals surface area contributed by atoms with E-state index in [9.17, 15) is 19.5 Å². The summed E-state index contributed by atoms with van der Waals surface area (Å²) in [6.07, 6.45) is 6.93. The fourth-order valence-electron chi connectivity index (χ4n) is 3.96. The number of carbonyl (C=O) groups is 3. The molecule has 0 bridgehead atoms. The number of aliphatic hydroxyl groups excluding tert-OH is 1. The van der Waals surface area contributed by atoms with E-state index in [2.05, 4.69) is 13.8 Å². The minimum atomic E-state index is -1.59. The van der Waals surface area contributed by atoms with E-state index in [1.807, 2.05) is 12.2 Å². The van der Waals surface area contributed by atoms with Crippen molar-refractivity contribution in [1.82, 2.24) is 0 Å². The molecule has 0 spiro atoms. The summed E-state index contributed by atoms with van der Waals surface area (Å²) in [7, 11) is 0. The van der Waals surface area contributed by atoms with Crippen LogP contribution < -0.4 is 0 Å². The summed E-state index contributed by atoms with van der Waals surface area (Å²) in [5.74, 6) is -3.83. The molecule has 0 aromatic rings. The number of ketones is 2. The molecular formula is C23H27ClO6. The zero-order valence-corrected chi connectivity index (χ0v) is 18.5. The van der Waals surface area contributed by atoms with Crippen molar-refractivity contribution in [3.8, 4) is 0 Å². The van der Waals surface area contributed by atoms with E-state index >= 15 is 0 Å². The lowest BCUT2D eigenvalue weighted by Gasteiger charge is -2.37. The number of Topliss-reactive ketones (excluding diaryl/α,β-unsaturated/α-hetero) is 2. The number of carbonyl (C=O) groups excluding carboxylic acids is 3. The van der Waals surface area contributed by atoms with Crippen molar-refractivity contribution in [2.24, 2.45) is 23.7 Å². The van der Waals surface area contributed by atoms with Crippen LogP contribution in [-0.2, 0) is 23.9 Å². The third-order valence-electron chi connectivity index (χ3n) is 6.35. The lowest BCUT2D eigenvalue weighted by molar-refractivity contribution is -0.157. The van der Waals surface area contributed by atoms with Crippen molar-refractivity contribution in [1.29, 1.82) is 0 Å². The van der Waals surface area contributed by atoms with Crippen molar-refractivity contribution in [2.75, 3.05) is 0 Å². The zero-order chi connectivity index (χ0) is 22.4. The van der Waals surface area contributed by atoms with E-state index in [0.717, 1.165) is 6.42 Å². The number of halogens is 1. The SMILES string of the molecule is CC[C@H](C)/C=C/C1=CC2=C(Cl)C(=O)[C@]3(C)OC(=O)[C@@H](C(=O)[C@@H](C)[C@H](C)O)[C@H]3C2=CO1. The summed E-state index contributed by atoms with van der Waals surface area (Å²) in [5.41, 5.74) is -0.687. The molecule has 3 rings (SSSR count). The Bertz CT molecular complexity index is 909. The summed E-state index contributed by atoms with van der Waals surface area (Å²) in [5, 5.41) is 9.80. The summed E-state index contributed by atoms with van der Waals surface area (Å²) in [4.78, 5) is 38.8. The Morgan fingerprint density at radius 3 is 2.60 bits per heavy atom. The summed E-state index contributed by atoms with van der Waals surface area (Å²) in [6.45, 7) is 8.65. The molecule has 0 radical (unpaired) electrons. The first-order chi connectivity index (χ1) is 14.0. The molecule has 0 aromatic carbocycles. The average molecular weight is 435 g/mol. The molecule has 1 saturated heterocycles. The summed E-state index contributed by atoms with van der Waals surface area (Å²) < 4.78 is 11.2. The first-order valence-electron chi connectivity index (χ1n) is 10.2. The molecule has 0 aromatic heterocycles. The van der Waals surface area contributed by atoms with Gasteiger partial charge in [0.2, 0.25) is 5.78 Å². The highest BCUT2D eigenvalue weighted by Crippen LogP contribution is 2.52. The third-order valence-corrected chi connectivity index (χ3v) is 6.72. The molecule has 6 nitrogen and oxygen atoms in total. The first kappa shape index (κ1) is 22.5. The molecule has 0 unspecified atom stereocenters. The molecule has 1 aliphatic carbocycles. The number of rotatable bonds is 6. The lowest BCUT2D eigenvalue weighted by atomic mass is 9.66. The van der Waals surface area contributed by atoms with Crippen LogP contribution in [0.2, 0.25) is 0 Å². The van der Waals surface area contributed by atoms with E-state index in [1.165, 1.54) is 20.1 Å². The van der Waals surface area contributed by atoms with Gasteiger partial charge in [-0.15, -0.1) is 0 Å². The molecule has 30 heavy (non-hydrogen) atoms. The van der Waals surface area contributed by atoms with E-state index < -0.39 is 47.0 Å². The standard InChI is InChI=1S/C23H27ClO6/c1-6-11(2)7-8-14-9-15-16(10-29-14)18-17(20(26)12(3)13(4)25)22(28)30-23(18,5)21(27)19(15)24/h7-13,17-18,25H,6H2,1-5H3/b8-7+/t11-,12-,13-,17+,18+,23+/m0/s1. The molecular weight excluding hydrogens is 408 g/mol. The molecule has 1 N–H and O–H groups in total. The number of allylic oxidation sites excluding steroid dienone is 4. The predicted octanol–water partition coefficient (Wildman–Crippen LogP) is 3.60. The quantitative estimate of drug-likeness (QED) is 0.507. The highest BCUT2D eigenvalue weighted by molar-refractivity contribution is 6.45. The Morgan fingerprint density at radius 2 is 2.00 bits per heavy atom. The van der Waals surface area contributed by atoms with Gasteiger partial charge < -0.3 is 14.6 Å². The van der Waals surface area contributed by atoms with Crippen molar-refractivity contribution < 1.29 is 29.0 Å². The molecule has 2 heterocycles. The van der Waals surface area contributed by atoms with Gasteiger partial charge in [0.1, 0.15) is 11.7 Å². The Balaban J connectivity index is 2.05.